The van der Waals surface area contributed by atoms with Crippen LogP contribution in [0.25, 0.3) is 0 Å². The van der Waals surface area contributed by atoms with Crippen LogP contribution in [0.3, 0.4) is 0 Å². The number of hydrogen-bond donors (Lipinski definition) is 1. The number of sulfonamides is 1. The minimum absolute atomic E-state index is 0.0101. The van der Waals surface area contributed by atoms with Gasteiger partial charge in [0.25, 0.3) is 0 Å². The number of hydrogen-bond acceptors (Lipinski definition) is 4. The second-order valence-electron chi connectivity index (χ2n) is 7.21. The summed E-state index contributed by atoms with van der Waals surface area (Å²) in [5, 5.41) is 2.30. The van der Waals surface area contributed by atoms with Crippen molar-refractivity contribution in [3.63, 3.8) is 0 Å². The minimum Gasteiger partial charge on any atom is -0.375 e. The molecule has 0 bridgehead atoms. The van der Waals surface area contributed by atoms with Crippen molar-refractivity contribution in [3.8, 4) is 0 Å². The van der Waals surface area contributed by atoms with Gasteiger partial charge in [-0.15, -0.1) is 0 Å². The van der Waals surface area contributed by atoms with Crippen LogP contribution in [0.15, 0.2) is 18.2 Å². The number of nitrogens with one attached hydrogen (secondary N) is 1. The fourth-order valence-electron chi connectivity index (χ4n) is 3.57. The molecule has 2 aliphatic heterocycles. The van der Waals surface area contributed by atoms with Crippen LogP contribution in [0.2, 0.25) is 0 Å². The lowest BCUT2D eigenvalue weighted by molar-refractivity contribution is -0.0542. The summed E-state index contributed by atoms with van der Waals surface area (Å²) in [6.07, 6.45) is 3.77. The molecule has 2 aliphatic rings. The summed E-state index contributed by atoms with van der Waals surface area (Å²) in [6, 6.07) is 2.88. The average molecular weight is 417 g/mol. The second-order valence-corrected chi connectivity index (χ2v) is 9.19. The lowest BCUT2D eigenvalue weighted by Gasteiger charge is -2.36. The normalized spacial score (nSPS) is 20.3. The van der Waals surface area contributed by atoms with Crippen molar-refractivity contribution in [3.05, 3.63) is 29.8 Å². The van der Waals surface area contributed by atoms with E-state index in [2.05, 4.69) is 5.32 Å². The van der Waals surface area contributed by atoms with Gasteiger partial charge in [0.15, 0.2) is 0 Å². The van der Waals surface area contributed by atoms with Crippen LogP contribution in [-0.2, 0) is 14.8 Å². The van der Waals surface area contributed by atoms with Crippen molar-refractivity contribution >= 4 is 21.7 Å². The molecule has 0 aromatic heterocycles. The number of carbonyl (C=O) groups is 1. The van der Waals surface area contributed by atoms with Gasteiger partial charge in [0, 0.05) is 26.2 Å². The highest BCUT2D eigenvalue weighted by atomic mass is 32.2. The van der Waals surface area contributed by atoms with Gasteiger partial charge in [0.05, 0.1) is 18.5 Å². The van der Waals surface area contributed by atoms with E-state index in [1.807, 2.05) is 0 Å². The SMILES string of the molecule is CS(=O)(=O)N1CCC(OC2CCN(C(=O)Nc3c(F)cccc3F)CC2)CC1. The van der Waals surface area contributed by atoms with E-state index in [1.54, 1.807) is 0 Å². The third-order valence-electron chi connectivity index (χ3n) is 5.18. The van der Waals surface area contributed by atoms with Crippen molar-refractivity contribution in [2.45, 2.75) is 37.9 Å². The molecule has 0 aliphatic carbocycles. The first kappa shape index (κ1) is 20.9. The van der Waals surface area contributed by atoms with Crippen LogP contribution >= 0.6 is 0 Å². The first-order valence-electron chi connectivity index (χ1n) is 9.34. The summed E-state index contributed by atoms with van der Waals surface area (Å²) in [4.78, 5) is 13.8. The Balaban J connectivity index is 1.44. The molecule has 2 saturated heterocycles. The number of ether oxygens (including phenoxy) is 1. The molecule has 1 aromatic rings. The van der Waals surface area contributed by atoms with Gasteiger partial charge in [-0.2, -0.15) is 0 Å². The number of para-hydroxylation sites is 1. The monoisotopic (exact) mass is 417 g/mol. The first-order chi connectivity index (χ1) is 13.2. The highest BCUT2D eigenvalue weighted by molar-refractivity contribution is 7.88. The summed E-state index contributed by atoms with van der Waals surface area (Å²) in [5.41, 5.74) is -0.441. The van der Waals surface area contributed by atoms with Gasteiger partial charge in [0.1, 0.15) is 17.3 Å². The van der Waals surface area contributed by atoms with Crippen molar-refractivity contribution in [2.24, 2.45) is 0 Å². The van der Waals surface area contributed by atoms with Crippen LogP contribution in [0.5, 0.6) is 0 Å². The number of benzene rings is 1. The van der Waals surface area contributed by atoms with Gasteiger partial charge in [-0.1, -0.05) is 6.07 Å². The summed E-state index contributed by atoms with van der Waals surface area (Å²) in [5.74, 6) is -1.63. The third-order valence-corrected chi connectivity index (χ3v) is 6.48. The molecule has 7 nitrogen and oxygen atoms in total. The first-order valence-corrected chi connectivity index (χ1v) is 11.2. The number of carbonyl (C=O) groups excluding carboxylic acids is 1. The molecule has 0 saturated carbocycles. The van der Waals surface area contributed by atoms with Crippen molar-refractivity contribution in [2.75, 3.05) is 37.8 Å². The number of halogens is 2. The molecule has 10 heteroatoms. The van der Waals surface area contributed by atoms with Gasteiger partial charge in [-0.05, 0) is 37.8 Å². The maximum absolute atomic E-state index is 13.7. The predicted octanol–water partition coefficient (Wildman–Crippen LogP) is 2.40. The second kappa shape index (κ2) is 8.71. The Morgan fingerprint density at radius 3 is 2.04 bits per heavy atom. The van der Waals surface area contributed by atoms with E-state index in [4.69, 9.17) is 4.74 Å². The van der Waals surface area contributed by atoms with E-state index in [0.29, 0.717) is 51.9 Å². The Hall–Kier alpha value is -1.78. The Labute approximate surface area is 163 Å². The van der Waals surface area contributed by atoms with E-state index >= 15 is 0 Å². The Morgan fingerprint density at radius 2 is 1.54 bits per heavy atom. The molecule has 28 heavy (non-hydrogen) atoms. The van der Waals surface area contributed by atoms with Gasteiger partial charge in [0.2, 0.25) is 10.0 Å². The molecule has 1 aromatic carbocycles. The Kier molecular flexibility index (Phi) is 6.51. The zero-order chi connectivity index (χ0) is 20.3. The molecule has 1 N–H and O–H groups in total. The fourth-order valence-corrected chi connectivity index (χ4v) is 4.44. The molecule has 3 rings (SSSR count). The summed E-state index contributed by atoms with van der Waals surface area (Å²) in [6.45, 7) is 1.77. The highest BCUT2D eigenvalue weighted by Gasteiger charge is 2.30. The largest absolute Gasteiger partial charge is 0.375 e. The van der Waals surface area contributed by atoms with E-state index in [1.165, 1.54) is 21.5 Å². The van der Waals surface area contributed by atoms with E-state index < -0.39 is 33.4 Å². The summed E-state index contributed by atoms with van der Waals surface area (Å²) < 4.78 is 58.0. The smallest absolute Gasteiger partial charge is 0.322 e. The quantitative estimate of drug-likeness (QED) is 0.816. The number of nitrogens with zero attached hydrogens (tertiary/aromatic N) is 2. The molecular formula is C18H25F2N3O4S. The average Bonchev–Trinajstić information content (AvgIpc) is 2.65. The lowest BCUT2D eigenvalue weighted by Crippen LogP contribution is -2.45. The fraction of sp³-hybridized carbons (Fsp3) is 0.611. The maximum atomic E-state index is 13.7. The molecule has 0 radical (unpaired) electrons. The van der Waals surface area contributed by atoms with Crippen LogP contribution in [0.1, 0.15) is 25.7 Å². The van der Waals surface area contributed by atoms with Crippen molar-refractivity contribution < 1.29 is 26.7 Å². The number of amides is 2. The molecule has 0 atom stereocenters. The molecule has 0 unspecified atom stereocenters. The molecule has 2 heterocycles. The Morgan fingerprint density at radius 1 is 1.04 bits per heavy atom. The number of urea groups is 1. The molecule has 2 fully saturated rings. The lowest BCUT2D eigenvalue weighted by atomic mass is 10.1. The molecule has 156 valence electrons. The van der Waals surface area contributed by atoms with Gasteiger partial charge in [-0.3, -0.25) is 0 Å². The van der Waals surface area contributed by atoms with E-state index in [-0.39, 0.29) is 12.2 Å². The number of anilines is 1. The predicted molar refractivity (Wildman–Crippen MR) is 100 cm³/mol. The minimum atomic E-state index is -3.16. The zero-order valence-electron chi connectivity index (χ0n) is 15.7. The zero-order valence-corrected chi connectivity index (χ0v) is 16.6. The maximum Gasteiger partial charge on any atom is 0.322 e. The summed E-state index contributed by atoms with van der Waals surface area (Å²) >= 11 is 0. The summed E-state index contributed by atoms with van der Waals surface area (Å²) in [7, 11) is -3.16. The van der Waals surface area contributed by atoms with Crippen LogP contribution < -0.4 is 5.32 Å². The highest BCUT2D eigenvalue weighted by Crippen LogP contribution is 2.23. The van der Waals surface area contributed by atoms with Gasteiger partial charge in [-0.25, -0.2) is 26.3 Å². The Bertz CT molecular complexity index is 785. The third kappa shape index (κ3) is 5.18. The van der Waals surface area contributed by atoms with Crippen LogP contribution in [0, 0.1) is 11.6 Å². The number of rotatable bonds is 4. The number of piperidine rings is 2. The molecule has 0 spiro atoms. The van der Waals surface area contributed by atoms with E-state index in [0.717, 1.165) is 12.1 Å². The van der Waals surface area contributed by atoms with Crippen LogP contribution in [0.4, 0.5) is 19.3 Å². The van der Waals surface area contributed by atoms with Crippen molar-refractivity contribution in [1.82, 2.24) is 9.21 Å². The van der Waals surface area contributed by atoms with Gasteiger partial charge < -0.3 is 15.0 Å². The topological polar surface area (TPSA) is 79.0 Å². The standard InChI is InChI=1S/C18H25F2N3O4S/c1-28(25,26)23-11-7-14(8-12-23)27-13-5-9-22(10-6-13)18(24)21-17-15(19)3-2-4-16(17)20/h2-4,13-14H,5-12H2,1H3,(H,21,24). The van der Waals surface area contributed by atoms with Gasteiger partial charge >= 0.3 is 6.03 Å². The number of likely N-dealkylation sites (tertiary alicyclic amines) is 1. The van der Waals surface area contributed by atoms with Crippen molar-refractivity contribution in [1.29, 1.82) is 0 Å². The molecule has 2 amide bonds. The van der Waals surface area contributed by atoms with Crippen LogP contribution in [-0.4, -0.2) is 68.3 Å². The molecular weight excluding hydrogens is 392 g/mol. The van der Waals surface area contributed by atoms with E-state index in [9.17, 15) is 22.0 Å².